The van der Waals surface area contributed by atoms with E-state index in [1.807, 2.05) is 13.8 Å². The van der Waals surface area contributed by atoms with E-state index < -0.39 is 0 Å². The summed E-state index contributed by atoms with van der Waals surface area (Å²) in [7, 11) is 0. The third-order valence-electron chi connectivity index (χ3n) is 3.65. The second-order valence-electron chi connectivity index (χ2n) is 5.27. The zero-order valence-electron chi connectivity index (χ0n) is 12.5. The zero-order chi connectivity index (χ0) is 15.4. The van der Waals surface area contributed by atoms with Crippen LogP contribution in [-0.4, -0.2) is 49.5 Å². The fourth-order valence-electron chi connectivity index (χ4n) is 2.46. The molecular weight excluding hydrogens is 270 g/mol. The number of rotatable bonds is 4. The molecule has 0 saturated carbocycles. The number of carbonyl (C=O) groups excluding carboxylic acids is 1. The number of amides is 1. The van der Waals surface area contributed by atoms with Gasteiger partial charge in [-0.15, -0.1) is 0 Å². The fraction of sp³-hybridized carbons (Fsp3) is 0.533. The third kappa shape index (κ3) is 3.46. The molecule has 4 N–H and O–H groups in total. The highest BCUT2D eigenvalue weighted by molar-refractivity contribution is 5.96. The van der Waals surface area contributed by atoms with Crippen LogP contribution in [0, 0.1) is 0 Å². The van der Waals surface area contributed by atoms with Gasteiger partial charge in [0.1, 0.15) is 0 Å². The maximum atomic E-state index is 12.0. The van der Waals surface area contributed by atoms with E-state index in [1.165, 1.54) is 0 Å². The van der Waals surface area contributed by atoms with Gasteiger partial charge in [-0.25, -0.2) is 0 Å². The lowest BCUT2D eigenvalue weighted by molar-refractivity contribution is -0.0102. The van der Waals surface area contributed by atoms with Crippen molar-refractivity contribution in [1.29, 1.82) is 0 Å². The van der Waals surface area contributed by atoms with Gasteiger partial charge in [0, 0.05) is 24.7 Å². The Kier molecular flexibility index (Phi) is 5.03. The van der Waals surface area contributed by atoms with Crippen LogP contribution in [0.1, 0.15) is 24.2 Å². The molecule has 2 atom stereocenters. The van der Waals surface area contributed by atoms with Gasteiger partial charge >= 0.3 is 0 Å². The van der Waals surface area contributed by atoms with Gasteiger partial charge in [0.2, 0.25) is 0 Å². The summed E-state index contributed by atoms with van der Waals surface area (Å²) in [5.74, 6) is -0.113. The molecule has 1 fully saturated rings. The molecule has 1 aliphatic rings. The molecule has 0 radical (unpaired) electrons. The van der Waals surface area contributed by atoms with E-state index in [-0.39, 0.29) is 24.7 Å². The Morgan fingerprint density at radius 3 is 3.00 bits per heavy atom. The van der Waals surface area contributed by atoms with Gasteiger partial charge in [-0.1, -0.05) is 0 Å². The summed E-state index contributed by atoms with van der Waals surface area (Å²) in [5.41, 5.74) is 8.08. The summed E-state index contributed by atoms with van der Waals surface area (Å²) in [6, 6.07) is 5.41. The van der Waals surface area contributed by atoms with E-state index >= 15 is 0 Å². The number of aliphatic hydroxyl groups excluding tert-OH is 1. The normalized spacial score (nSPS) is 22.1. The molecule has 1 heterocycles. The van der Waals surface area contributed by atoms with Gasteiger partial charge in [-0.05, 0) is 32.0 Å². The first kappa shape index (κ1) is 15.6. The Morgan fingerprint density at radius 2 is 2.33 bits per heavy atom. The Balaban J connectivity index is 2.28. The van der Waals surface area contributed by atoms with Gasteiger partial charge in [0.25, 0.3) is 5.91 Å². The number of nitrogens with two attached hydrogens (primary N) is 1. The number of carbonyl (C=O) groups is 1. The average molecular weight is 293 g/mol. The van der Waals surface area contributed by atoms with Crippen molar-refractivity contribution in [2.75, 3.05) is 36.9 Å². The van der Waals surface area contributed by atoms with E-state index in [0.717, 1.165) is 5.69 Å². The fourth-order valence-corrected chi connectivity index (χ4v) is 2.46. The summed E-state index contributed by atoms with van der Waals surface area (Å²) in [5, 5.41) is 12.1. The number of nitrogens with zero attached hydrogens (tertiary/aromatic N) is 1. The topological polar surface area (TPSA) is 87.8 Å². The number of morpholine rings is 1. The monoisotopic (exact) mass is 293 g/mol. The lowest BCUT2D eigenvalue weighted by atomic mass is 10.1. The lowest BCUT2D eigenvalue weighted by Gasteiger charge is -2.39. The Hall–Kier alpha value is -1.79. The van der Waals surface area contributed by atoms with E-state index in [2.05, 4.69) is 10.2 Å². The molecule has 2 rings (SSSR count). The molecule has 0 bridgehead atoms. The van der Waals surface area contributed by atoms with Crippen LogP contribution in [0.15, 0.2) is 18.2 Å². The number of nitrogen functional groups attached to an aromatic ring is 1. The van der Waals surface area contributed by atoms with E-state index in [0.29, 0.717) is 30.9 Å². The first-order valence-electron chi connectivity index (χ1n) is 7.23. The van der Waals surface area contributed by atoms with Crippen molar-refractivity contribution in [3.63, 3.8) is 0 Å². The van der Waals surface area contributed by atoms with Crippen molar-refractivity contribution < 1.29 is 14.6 Å². The van der Waals surface area contributed by atoms with Crippen molar-refractivity contribution in [2.24, 2.45) is 0 Å². The SMILES string of the molecule is CCNC(=O)c1ccc(N)c(N2CC(CO)OCC2C)c1. The Morgan fingerprint density at radius 1 is 1.57 bits per heavy atom. The van der Waals surface area contributed by atoms with Crippen molar-refractivity contribution in [2.45, 2.75) is 26.0 Å². The van der Waals surface area contributed by atoms with Crippen molar-refractivity contribution in [3.8, 4) is 0 Å². The zero-order valence-corrected chi connectivity index (χ0v) is 12.5. The minimum atomic E-state index is -0.228. The van der Waals surface area contributed by atoms with Crippen molar-refractivity contribution in [3.05, 3.63) is 23.8 Å². The molecule has 1 aromatic carbocycles. The lowest BCUT2D eigenvalue weighted by Crippen LogP contribution is -2.49. The van der Waals surface area contributed by atoms with E-state index in [1.54, 1.807) is 18.2 Å². The number of hydrogen-bond acceptors (Lipinski definition) is 5. The first-order chi connectivity index (χ1) is 10.1. The Bertz CT molecular complexity index is 507. The minimum absolute atomic E-state index is 0.0286. The third-order valence-corrected chi connectivity index (χ3v) is 3.65. The molecule has 21 heavy (non-hydrogen) atoms. The highest BCUT2D eigenvalue weighted by Crippen LogP contribution is 2.29. The van der Waals surface area contributed by atoms with Crippen molar-refractivity contribution in [1.82, 2.24) is 5.32 Å². The number of aliphatic hydroxyl groups is 1. The summed E-state index contributed by atoms with van der Waals surface area (Å²) in [4.78, 5) is 14.0. The molecule has 2 unspecified atom stereocenters. The van der Waals surface area contributed by atoms with E-state index in [4.69, 9.17) is 10.5 Å². The minimum Gasteiger partial charge on any atom is -0.397 e. The van der Waals surface area contributed by atoms with Crippen LogP contribution >= 0.6 is 0 Å². The van der Waals surface area contributed by atoms with Crippen LogP contribution in [0.5, 0.6) is 0 Å². The van der Waals surface area contributed by atoms with Gasteiger partial charge in [0.15, 0.2) is 0 Å². The molecule has 6 nitrogen and oxygen atoms in total. The quantitative estimate of drug-likeness (QED) is 0.708. The average Bonchev–Trinajstić information content (AvgIpc) is 2.49. The van der Waals surface area contributed by atoms with Crippen LogP contribution in [-0.2, 0) is 4.74 Å². The summed E-state index contributed by atoms with van der Waals surface area (Å²) < 4.78 is 5.54. The first-order valence-corrected chi connectivity index (χ1v) is 7.23. The van der Waals surface area contributed by atoms with Crippen LogP contribution in [0.2, 0.25) is 0 Å². The highest BCUT2D eigenvalue weighted by Gasteiger charge is 2.27. The number of anilines is 2. The predicted molar refractivity (Wildman–Crippen MR) is 82.5 cm³/mol. The predicted octanol–water partition coefficient (Wildman–Crippen LogP) is 0.605. The van der Waals surface area contributed by atoms with Crippen molar-refractivity contribution >= 4 is 17.3 Å². The van der Waals surface area contributed by atoms with Crippen LogP contribution in [0.4, 0.5) is 11.4 Å². The number of ether oxygens (including phenoxy) is 1. The summed E-state index contributed by atoms with van der Waals surface area (Å²) in [6.45, 7) is 5.55. The maximum absolute atomic E-state index is 12.0. The molecule has 0 aromatic heterocycles. The number of benzene rings is 1. The Labute approximate surface area is 124 Å². The molecule has 1 saturated heterocycles. The van der Waals surface area contributed by atoms with Gasteiger partial charge in [-0.2, -0.15) is 0 Å². The molecule has 0 spiro atoms. The molecule has 6 heteroatoms. The largest absolute Gasteiger partial charge is 0.397 e. The van der Waals surface area contributed by atoms with Gasteiger partial charge in [0.05, 0.1) is 30.7 Å². The van der Waals surface area contributed by atoms with Crippen LogP contribution in [0.25, 0.3) is 0 Å². The molecule has 0 aliphatic carbocycles. The van der Waals surface area contributed by atoms with Gasteiger partial charge < -0.3 is 25.8 Å². The maximum Gasteiger partial charge on any atom is 0.251 e. The smallest absolute Gasteiger partial charge is 0.251 e. The molecular formula is C15H23N3O3. The second kappa shape index (κ2) is 6.78. The number of nitrogens with one attached hydrogen (secondary N) is 1. The summed E-state index contributed by atoms with van der Waals surface area (Å²) >= 11 is 0. The highest BCUT2D eigenvalue weighted by atomic mass is 16.5. The molecule has 1 amide bonds. The standard InChI is InChI=1S/C15H23N3O3/c1-3-17-15(20)11-4-5-13(16)14(6-11)18-7-12(8-19)21-9-10(18)2/h4-6,10,12,19H,3,7-9,16H2,1-2H3,(H,17,20). The molecule has 1 aromatic rings. The molecule has 1 aliphatic heterocycles. The second-order valence-corrected chi connectivity index (χ2v) is 5.27. The van der Waals surface area contributed by atoms with E-state index in [9.17, 15) is 9.90 Å². The van der Waals surface area contributed by atoms with Crippen LogP contribution in [0.3, 0.4) is 0 Å². The molecule has 116 valence electrons. The number of hydrogen-bond donors (Lipinski definition) is 3. The van der Waals surface area contributed by atoms with Crippen LogP contribution < -0.4 is 16.0 Å². The van der Waals surface area contributed by atoms with Gasteiger partial charge in [-0.3, -0.25) is 4.79 Å². The summed E-state index contributed by atoms with van der Waals surface area (Å²) in [6.07, 6.45) is -0.228.